The Morgan fingerprint density at radius 3 is 3.00 bits per heavy atom. The van der Waals surface area contributed by atoms with Crippen LogP contribution < -0.4 is 5.32 Å². The predicted octanol–water partition coefficient (Wildman–Crippen LogP) is 1.83. The van der Waals surface area contributed by atoms with Gasteiger partial charge in [0.1, 0.15) is 5.78 Å². The number of ether oxygens (including phenoxy) is 1. The molecule has 20 heavy (non-hydrogen) atoms. The van der Waals surface area contributed by atoms with Crippen LogP contribution in [0.3, 0.4) is 0 Å². The molecule has 0 heterocycles. The van der Waals surface area contributed by atoms with E-state index < -0.39 is 6.10 Å². The highest BCUT2D eigenvalue weighted by molar-refractivity contribution is 6.30. The number of hydrogen-bond donors (Lipinski definition) is 2. The van der Waals surface area contributed by atoms with E-state index in [-0.39, 0.29) is 5.78 Å². The van der Waals surface area contributed by atoms with Crippen LogP contribution in [-0.4, -0.2) is 43.8 Å². The molecule has 1 aromatic rings. The van der Waals surface area contributed by atoms with Gasteiger partial charge in [0.05, 0.1) is 12.7 Å². The van der Waals surface area contributed by atoms with E-state index in [2.05, 4.69) is 5.32 Å². The van der Waals surface area contributed by atoms with Crippen molar-refractivity contribution in [2.24, 2.45) is 0 Å². The molecule has 0 spiro atoms. The molecule has 0 aliphatic heterocycles. The van der Waals surface area contributed by atoms with Gasteiger partial charge in [-0.05, 0) is 30.7 Å². The van der Waals surface area contributed by atoms with Crippen LogP contribution in [0, 0.1) is 0 Å². The summed E-state index contributed by atoms with van der Waals surface area (Å²) in [6.45, 7) is 1.51. The summed E-state index contributed by atoms with van der Waals surface area (Å²) in [6, 6.07) is 7.37. The molecule has 0 amide bonds. The molecule has 0 saturated heterocycles. The lowest BCUT2D eigenvalue weighted by molar-refractivity contribution is -0.118. The molecule has 112 valence electrons. The molecular weight excluding hydrogens is 278 g/mol. The normalized spacial score (nSPS) is 12.3. The minimum Gasteiger partial charge on any atom is -0.389 e. The Morgan fingerprint density at radius 2 is 2.30 bits per heavy atom. The van der Waals surface area contributed by atoms with Crippen molar-refractivity contribution in [1.29, 1.82) is 0 Å². The number of ketones is 1. The number of methoxy groups -OCH3 is 1. The lowest BCUT2D eigenvalue weighted by atomic mass is 10.1. The number of aliphatic hydroxyl groups is 1. The summed E-state index contributed by atoms with van der Waals surface area (Å²) < 4.78 is 4.82. The third-order valence-corrected chi connectivity index (χ3v) is 3.07. The Kier molecular flexibility index (Phi) is 8.46. The van der Waals surface area contributed by atoms with Gasteiger partial charge in [0.15, 0.2) is 0 Å². The molecule has 2 N–H and O–H groups in total. The molecule has 1 aromatic carbocycles. The number of rotatable bonds is 10. The fourth-order valence-electron chi connectivity index (χ4n) is 1.89. The van der Waals surface area contributed by atoms with E-state index in [1.165, 1.54) is 0 Å². The fourth-order valence-corrected chi connectivity index (χ4v) is 2.11. The van der Waals surface area contributed by atoms with Crippen molar-refractivity contribution in [3.8, 4) is 0 Å². The number of nitrogens with one attached hydrogen (secondary N) is 1. The Balaban J connectivity index is 2.11. The summed E-state index contributed by atoms with van der Waals surface area (Å²) in [6.07, 6.45) is 1.22. The number of halogens is 1. The molecule has 1 unspecified atom stereocenters. The minimum absolute atomic E-state index is 0.200. The van der Waals surface area contributed by atoms with Crippen molar-refractivity contribution in [2.45, 2.75) is 25.4 Å². The molecule has 4 nitrogen and oxygen atoms in total. The quantitative estimate of drug-likeness (QED) is 0.647. The van der Waals surface area contributed by atoms with Crippen LogP contribution in [0.4, 0.5) is 0 Å². The van der Waals surface area contributed by atoms with Gasteiger partial charge >= 0.3 is 0 Å². The summed E-state index contributed by atoms with van der Waals surface area (Å²) in [5.41, 5.74) is 0.950. The molecule has 0 bridgehead atoms. The van der Waals surface area contributed by atoms with E-state index in [1.807, 2.05) is 18.2 Å². The third-order valence-electron chi connectivity index (χ3n) is 2.84. The molecule has 1 rings (SSSR count). The standard InChI is InChI=1S/C15H22ClNO3/c1-20-11-15(19)10-17-7-3-6-14(18)9-12-4-2-5-13(16)8-12/h2,4-5,8,15,17,19H,3,6-7,9-11H2,1H3. The van der Waals surface area contributed by atoms with Gasteiger partial charge < -0.3 is 15.2 Å². The molecule has 0 aliphatic carbocycles. The van der Waals surface area contributed by atoms with Crippen LogP contribution in [0.5, 0.6) is 0 Å². The van der Waals surface area contributed by atoms with E-state index in [4.69, 9.17) is 16.3 Å². The minimum atomic E-state index is -0.498. The first-order chi connectivity index (χ1) is 9.61. The second-order valence-corrected chi connectivity index (χ2v) is 5.20. The smallest absolute Gasteiger partial charge is 0.137 e. The zero-order chi connectivity index (χ0) is 14.8. The second-order valence-electron chi connectivity index (χ2n) is 4.76. The third kappa shape index (κ3) is 7.60. The van der Waals surface area contributed by atoms with Crippen LogP contribution in [-0.2, 0) is 16.0 Å². The number of hydrogen-bond acceptors (Lipinski definition) is 4. The summed E-state index contributed by atoms with van der Waals surface area (Å²) in [5, 5.41) is 13.2. The highest BCUT2D eigenvalue weighted by Gasteiger charge is 2.05. The SMILES string of the molecule is COCC(O)CNCCCC(=O)Cc1cccc(Cl)c1. The van der Waals surface area contributed by atoms with Crippen molar-refractivity contribution >= 4 is 17.4 Å². The average Bonchev–Trinajstić information content (AvgIpc) is 2.38. The molecule has 0 aliphatic rings. The molecular formula is C15H22ClNO3. The zero-order valence-electron chi connectivity index (χ0n) is 11.8. The van der Waals surface area contributed by atoms with Crippen LogP contribution in [0.1, 0.15) is 18.4 Å². The molecule has 0 saturated carbocycles. The van der Waals surface area contributed by atoms with E-state index in [0.717, 1.165) is 12.0 Å². The van der Waals surface area contributed by atoms with Gasteiger partial charge in [0.2, 0.25) is 0 Å². The van der Waals surface area contributed by atoms with Crippen LogP contribution in [0.2, 0.25) is 5.02 Å². The largest absolute Gasteiger partial charge is 0.389 e. The molecule has 0 aromatic heterocycles. The topological polar surface area (TPSA) is 58.6 Å². The van der Waals surface area contributed by atoms with Crippen molar-refractivity contribution in [3.05, 3.63) is 34.9 Å². The van der Waals surface area contributed by atoms with Crippen LogP contribution >= 0.6 is 11.6 Å². The first kappa shape index (κ1) is 17.1. The Bertz CT molecular complexity index is 412. The maximum atomic E-state index is 11.8. The van der Waals surface area contributed by atoms with Crippen LogP contribution in [0.15, 0.2) is 24.3 Å². The summed E-state index contributed by atoms with van der Waals surface area (Å²) in [5.74, 6) is 0.200. The lowest BCUT2D eigenvalue weighted by Gasteiger charge is -2.10. The summed E-state index contributed by atoms with van der Waals surface area (Å²) >= 11 is 5.87. The average molecular weight is 300 g/mol. The van der Waals surface area contributed by atoms with Crippen molar-refractivity contribution in [3.63, 3.8) is 0 Å². The van der Waals surface area contributed by atoms with Gasteiger partial charge in [-0.25, -0.2) is 0 Å². The van der Waals surface area contributed by atoms with E-state index in [0.29, 0.717) is 37.6 Å². The fraction of sp³-hybridized carbons (Fsp3) is 0.533. The highest BCUT2D eigenvalue weighted by Crippen LogP contribution is 2.12. The number of Topliss-reactive ketones (excluding diaryl/α,β-unsaturated/α-hetero) is 1. The summed E-state index contributed by atoms with van der Waals surface area (Å²) in [7, 11) is 1.55. The molecule has 1 atom stereocenters. The van der Waals surface area contributed by atoms with Gasteiger partial charge in [-0.2, -0.15) is 0 Å². The van der Waals surface area contributed by atoms with Gasteiger partial charge in [-0.15, -0.1) is 0 Å². The molecule has 5 heteroatoms. The molecule has 0 fully saturated rings. The first-order valence-electron chi connectivity index (χ1n) is 6.75. The maximum Gasteiger partial charge on any atom is 0.137 e. The maximum absolute atomic E-state index is 11.8. The Morgan fingerprint density at radius 1 is 1.50 bits per heavy atom. The highest BCUT2D eigenvalue weighted by atomic mass is 35.5. The zero-order valence-corrected chi connectivity index (χ0v) is 12.5. The van der Waals surface area contributed by atoms with E-state index >= 15 is 0 Å². The van der Waals surface area contributed by atoms with Gasteiger partial charge in [-0.3, -0.25) is 4.79 Å². The summed E-state index contributed by atoms with van der Waals surface area (Å²) in [4.78, 5) is 11.8. The van der Waals surface area contributed by atoms with Crippen molar-refractivity contribution in [2.75, 3.05) is 26.8 Å². The van der Waals surface area contributed by atoms with Gasteiger partial charge in [0, 0.05) is 31.5 Å². The monoisotopic (exact) mass is 299 g/mol. The lowest BCUT2D eigenvalue weighted by Crippen LogP contribution is -2.30. The van der Waals surface area contributed by atoms with E-state index in [9.17, 15) is 9.90 Å². The van der Waals surface area contributed by atoms with Crippen molar-refractivity contribution < 1.29 is 14.6 Å². The molecule has 0 radical (unpaired) electrons. The predicted molar refractivity (Wildman–Crippen MR) is 80.1 cm³/mol. The van der Waals surface area contributed by atoms with Crippen molar-refractivity contribution in [1.82, 2.24) is 5.32 Å². The number of aliphatic hydroxyl groups excluding tert-OH is 1. The van der Waals surface area contributed by atoms with Gasteiger partial charge in [-0.1, -0.05) is 23.7 Å². The number of benzene rings is 1. The number of carbonyl (C=O) groups is 1. The second kappa shape index (κ2) is 9.88. The van der Waals surface area contributed by atoms with Gasteiger partial charge in [0.25, 0.3) is 0 Å². The van der Waals surface area contributed by atoms with Crippen LogP contribution in [0.25, 0.3) is 0 Å². The first-order valence-corrected chi connectivity index (χ1v) is 7.13. The number of carbonyl (C=O) groups excluding carboxylic acids is 1. The van der Waals surface area contributed by atoms with E-state index in [1.54, 1.807) is 13.2 Å². The Labute approximate surface area is 125 Å². The Hall–Kier alpha value is -0.940.